The van der Waals surface area contributed by atoms with Crippen LogP contribution in [0.4, 0.5) is 0 Å². The molecule has 2 N–H and O–H groups in total. The lowest BCUT2D eigenvalue weighted by Gasteiger charge is -2.32. The summed E-state index contributed by atoms with van der Waals surface area (Å²) in [6.07, 6.45) is 0.654. The van der Waals surface area contributed by atoms with Crippen molar-refractivity contribution in [2.75, 3.05) is 6.54 Å². The van der Waals surface area contributed by atoms with Gasteiger partial charge in [0, 0.05) is 24.9 Å². The Kier molecular flexibility index (Phi) is 7.95. The number of hydrogen-bond acceptors (Lipinski definition) is 3. The van der Waals surface area contributed by atoms with E-state index in [1.165, 1.54) is 0 Å². The number of hydrogen-bond donors (Lipinski definition) is 2. The van der Waals surface area contributed by atoms with E-state index in [1.54, 1.807) is 0 Å². The number of carboxylic acids is 1. The smallest absolute Gasteiger partial charge is 0.321 e. The number of carbonyl (C=O) groups excluding carboxylic acids is 1. The first-order chi connectivity index (χ1) is 18.6. The van der Waals surface area contributed by atoms with Crippen molar-refractivity contribution in [3.05, 3.63) is 144 Å². The number of amides is 1. The van der Waals surface area contributed by atoms with Crippen molar-refractivity contribution < 1.29 is 14.7 Å². The minimum Gasteiger partial charge on any atom is -0.480 e. The van der Waals surface area contributed by atoms with E-state index in [0.717, 1.165) is 22.3 Å². The number of carbonyl (C=O) groups is 2. The van der Waals surface area contributed by atoms with E-state index in [2.05, 4.69) is 5.32 Å². The van der Waals surface area contributed by atoms with Gasteiger partial charge in [-0.3, -0.25) is 14.5 Å². The van der Waals surface area contributed by atoms with E-state index in [4.69, 9.17) is 0 Å². The minimum atomic E-state index is -0.870. The van der Waals surface area contributed by atoms with Crippen LogP contribution in [0.2, 0.25) is 0 Å². The molecule has 0 radical (unpaired) electrons. The second-order valence-corrected chi connectivity index (χ2v) is 9.85. The van der Waals surface area contributed by atoms with Crippen molar-refractivity contribution in [1.29, 1.82) is 0 Å². The van der Waals surface area contributed by atoms with Gasteiger partial charge >= 0.3 is 5.97 Å². The molecule has 0 saturated carbocycles. The lowest BCUT2D eigenvalue weighted by atomic mass is 9.88. The summed E-state index contributed by atoms with van der Waals surface area (Å²) in [6, 6.07) is 38.9. The highest BCUT2D eigenvalue weighted by Crippen LogP contribution is 2.35. The van der Waals surface area contributed by atoms with Gasteiger partial charge < -0.3 is 10.4 Å². The fourth-order valence-corrected chi connectivity index (χ4v) is 5.61. The summed E-state index contributed by atoms with van der Waals surface area (Å²) in [5.74, 6) is -1.02. The summed E-state index contributed by atoms with van der Waals surface area (Å²) in [5.41, 5.74) is 4.23. The standard InChI is InChI=1S/C33H32N2O3/c36-31(22-29(24-13-5-1-6-14-24)25-15-7-2-8-16-25)34-28-21-30(33(37)38)35(23-28)32(26-17-9-3-10-18-26)27-19-11-4-12-20-27/h1-20,28-30,32H,21-23H2,(H,34,36)(H,37,38)/t28-,30-/m0/s1. The molecule has 0 aliphatic carbocycles. The zero-order valence-corrected chi connectivity index (χ0v) is 21.2. The van der Waals surface area contributed by atoms with Crippen molar-refractivity contribution in [1.82, 2.24) is 10.2 Å². The molecule has 0 aromatic heterocycles. The third-order valence-electron chi connectivity index (χ3n) is 7.35. The molecule has 1 saturated heterocycles. The van der Waals surface area contributed by atoms with E-state index < -0.39 is 12.0 Å². The van der Waals surface area contributed by atoms with Crippen LogP contribution in [0.25, 0.3) is 0 Å². The van der Waals surface area contributed by atoms with Gasteiger partial charge in [0.25, 0.3) is 0 Å². The van der Waals surface area contributed by atoms with Gasteiger partial charge in [0.15, 0.2) is 0 Å². The summed E-state index contributed by atoms with van der Waals surface area (Å²) in [7, 11) is 0. The summed E-state index contributed by atoms with van der Waals surface area (Å²) >= 11 is 0. The Morgan fingerprint density at radius 2 is 1.13 bits per heavy atom. The van der Waals surface area contributed by atoms with Crippen LogP contribution in [0, 0.1) is 0 Å². The summed E-state index contributed by atoms with van der Waals surface area (Å²) < 4.78 is 0. The normalized spacial score (nSPS) is 17.5. The van der Waals surface area contributed by atoms with Crippen LogP contribution in [0.15, 0.2) is 121 Å². The summed E-state index contributed by atoms with van der Waals surface area (Å²) in [6.45, 7) is 0.457. The summed E-state index contributed by atoms with van der Waals surface area (Å²) in [4.78, 5) is 27.8. The van der Waals surface area contributed by atoms with Crippen molar-refractivity contribution in [2.45, 2.75) is 36.9 Å². The monoisotopic (exact) mass is 504 g/mol. The topological polar surface area (TPSA) is 69.6 Å². The Morgan fingerprint density at radius 3 is 1.55 bits per heavy atom. The Labute approximate surface area is 223 Å². The molecule has 0 unspecified atom stereocenters. The molecule has 5 rings (SSSR count). The van der Waals surface area contributed by atoms with Gasteiger partial charge in [-0.1, -0.05) is 121 Å². The van der Waals surface area contributed by atoms with Crippen molar-refractivity contribution in [2.24, 2.45) is 0 Å². The van der Waals surface area contributed by atoms with Gasteiger partial charge in [0.2, 0.25) is 5.91 Å². The van der Waals surface area contributed by atoms with Gasteiger partial charge in [-0.05, 0) is 28.7 Å². The number of carboxylic acid groups (broad SMARTS) is 1. The predicted molar refractivity (Wildman–Crippen MR) is 149 cm³/mol. The lowest BCUT2D eigenvalue weighted by Crippen LogP contribution is -2.40. The Bertz CT molecular complexity index is 1250. The number of nitrogens with zero attached hydrogens (tertiary/aromatic N) is 1. The highest BCUT2D eigenvalue weighted by Gasteiger charge is 2.42. The third-order valence-corrected chi connectivity index (χ3v) is 7.35. The second kappa shape index (κ2) is 11.9. The van der Waals surface area contributed by atoms with Crippen LogP contribution in [-0.4, -0.2) is 40.5 Å². The van der Waals surface area contributed by atoms with Crippen LogP contribution in [0.3, 0.4) is 0 Å². The largest absolute Gasteiger partial charge is 0.480 e. The van der Waals surface area contributed by atoms with Crippen LogP contribution >= 0.6 is 0 Å². The van der Waals surface area contributed by atoms with Crippen LogP contribution in [0.5, 0.6) is 0 Å². The second-order valence-electron chi connectivity index (χ2n) is 9.85. The highest BCUT2D eigenvalue weighted by atomic mass is 16.4. The molecule has 0 spiro atoms. The maximum absolute atomic E-state index is 13.4. The van der Waals surface area contributed by atoms with Crippen molar-refractivity contribution in [3.63, 3.8) is 0 Å². The van der Waals surface area contributed by atoms with Gasteiger partial charge in [-0.2, -0.15) is 0 Å². The first-order valence-electron chi connectivity index (χ1n) is 13.1. The van der Waals surface area contributed by atoms with Gasteiger partial charge in [-0.15, -0.1) is 0 Å². The number of rotatable bonds is 9. The number of aliphatic carboxylic acids is 1. The van der Waals surface area contributed by atoms with Gasteiger partial charge in [-0.25, -0.2) is 0 Å². The average Bonchev–Trinajstić information content (AvgIpc) is 3.37. The fourth-order valence-electron chi connectivity index (χ4n) is 5.61. The van der Waals surface area contributed by atoms with Crippen molar-refractivity contribution in [3.8, 4) is 0 Å². The quantitative estimate of drug-likeness (QED) is 0.309. The van der Waals surface area contributed by atoms with E-state index >= 15 is 0 Å². The molecule has 4 aromatic rings. The molecule has 2 atom stereocenters. The molecule has 1 aliphatic heterocycles. The molecule has 1 heterocycles. The first kappa shape index (κ1) is 25.4. The van der Waals surface area contributed by atoms with E-state index in [1.807, 2.05) is 126 Å². The first-order valence-corrected chi connectivity index (χ1v) is 13.1. The molecule has 38 heavy (non-hydrogen) atoms. The molecule has 192 valence electrons. The van der Waals surface area contributed by atoms with Gasteiger partial charge in [0.1, 0.15) is 6.04 Å². The molecule has 1 fully saturated rings. The molecule has 4 aromatic carbocycles. The number of nitrogens with one attached hydrogen (secondary N) is 1. The average molecular weight is 505 g/mol. The van der Waals surface area contributed by atoms with Gasteiger partial charge in [0.05, 0.1) is 6.04 Å². The molecular formula is C33H32N2O3. The minimum absolute atomic E-state index is 0.0744. The van der Waals surface area contributed by atoms with Crippen LogP contribution < -0.4 is 5.32 Å². The fraction of sp³-hybridized carbons (Fsp3) is 0.212. The summed E-state index contributed by atoms with van der Waals surface area (Å²) in [5, 5.41) is 13.3. The number of benzene rings is 4. The van der Waals surface area contributed by atoms with E-state index in [9.17, 15) is 14.7 Å². The number of likely N-dealkylation sites (tertiary alicyclic amines) is 1. The lowest BCUT2D eigenvalue weighted by molar-refractivity contribution is -0.142. The third kappa shape index (κ3) is 5.84. The zero-order valence-electron chi connectivity index (χ0n) is 21.2. The molecule has 5 nitrogen and oxygen atoms in total. The van der Waals surface area contributed by atoms with E-state index in [-0.39, 0.29) is 23.9 Å². The molecule has 5 heteroatoms. The Morgan fingerprint density at radius 1 is 0.711 bits per heavy atom. The van der Waals surface area contributed by atoms with Crippen LogP contribution in [0.1, 0.15) is 47.1 Å². The zero-order chi connectivity index (χ0) is 26.3. The van der Waals surface area contributed by atoms with Crippen molar-refractivity contribution >= 4 is 11.9 Å². The maximum Gasteiger partial charge on any atom is 0.321 e. The SMILES string of the molecule is O=C(CC(c1ccccc1)c1ccccc1)N[C@H]1C[C@@H](C(=O)O)N(C(c2ccccc2)c2ccccc2)C1. The Balaban J connectivity index is 1.37. The molecular weight excluding hydrogens is 472 g/mol. The maximum atomic E-state index is 13.4. The molecule has 1 amide bonds. The Hall–Kier alpha value is -4.22. The van der Waals surface area contributed by atoms with E-state index in [0.29, 0.717) is 19.4 Å². The highest BCUT2D eigenvalue weighted by molar-refractivity contribution is 5.79. The predicted octanol–water partition coefficient (Wildman–Crippen LogP) is 5.64. The molecule has 0 bridgehead atoms. The molecule has 1 aliphatic rings. The van der Waals surface area contributed by atoms with Crippen LogP contribution in [-0.2, 0) is 9.59 Å².